The number of methoxy groups -OCH3 is 1. The third kappa shape index (κ3) is 4.16. The van der Waals surface area contributed by atoms with E-state index in [1.165, 1.54) is 7.11 Å². The van der Waals surface area contributed by atoms with Gasteiger partial charge in [-0.3, -0.25) is 0 Å². The van der Waals surface area contributed by atoms with E-state index in [1.54, 1.807) is 0 Å². The second kappa shape index (κ2) is 8.30. The normalized spacial score (nSPS) is 17.6. The number of carbonyl (C=O) groups excluding carboxylic acids is 1. The van der Waals surface area contributed by atoms with Crippen LogP contribution in [0.1, 0.15) is 47.2 Å². The molecule has 0 spiro atoms. The lowest BCUT2D eigenvalue weighted by molar-refractivity contribution is 0.0600. The number of nitrogens with one attached hydrogen (secondary N) is 1. The molecule has 1 saturated heterocycles. The molecule has 0 bridgehead atoms. The summed E-state index contributed by atoms with van der Waals surface area (Å²) in [4.78, 5) is 14.3. The van der Waals surface area contributed by atoms with Crippen molar-refractivity contribution in [3.8, 4) is 6.07 Å². The first-order chi connectivity index (χ1) is 13.0. The first-order valence-electron chi connectivity index (χ1n) is 9.54. The molecule has 1 aliphatic carbocycles. The number of allylic oxidation sites excluding steroid dienone is 3. The third-order valence-electron chi connectivity index (χ3n) is 5.45. The number of hydrogen-bond donors (Lipinski definition) is 1. The highest BCUT2D eigenvalue weighted by atomic mass is 16.5. The van der Waals surface area contributed by atoms with Crippen LogP contribution in [-0.4, -0.2) is 37.1 Å². The van der Waals surface area contributed by atoms with Gasteiger partial charge in [-0.05, 0) is 62.8 Å². The lowest BCUT2D eigenvalue weighted by atomic mass is 9.98. The van der Waals surface area contributed by atoms with Gasteiger partial charge in [-0.15, -0.1) is 0 Å². The number of aryl methyl sites for hydroxylation is 2. The number of esters is 1. The second-order valence-corrected chi connectivity index (χ2v) is 7.30. The molecule has 0 radical (unpaired) electrons. The van der Waals surface area contributed by atoms with Crippen LogP contribution in [0.4, 0.5) is 5.69 Å². The number of hydrogen-bond acceptors (Lipinski definition) is 5. The van der Waals surface area contributed by atoms with E-state index in [2.05, 4.69) is 35.4 Å². The van der Waals surface area contributed by atoms with Gasteiger partial charge in [-0.2, -0.15) is 5.26 Å². The monoisotopic (exact) mass is 365 g/mol. The molecule has 5 heteroatoms. The van der Waals surface area contributed by atoms with E-state index < -0.39 is 0 Å². The second-order valence-electron chi connectivity index (χ2n) is 7.30. The Bertz CT molecular complexity index is 825. The van der Waals surface area contributed by atoms with Crippen molar-refractivity contribution in [1.82, 2.24) is 4.90 Å². The smallest absolute Gasteiger partial charge is 0.338 e. The van der Waals surface area contributed by atoms with Gasteiger partial charge < -0.3 is 15.0 Å². The van der Waals surface area contributed by atoms with Crippen LogP contribution >= 0.6 is 0 Å². The molecular weight excluding hydrogens is 338 g/mol. The van der Waals surface area contributed by atoms with Gasteiger partial charge in [0.25, 0.3) is 0 Å². The summed E-state index contributed by atoms with van der Waals surface area (Å²) < 4.78 is 4.89. The van der Waals surface area contributed by atoms with Gasteiger partial charge >= 0.3 is 5.97 Å². The van der Waals surface area contributed by atoms with E-state index >= 15 is 0 Å². The Hall–Kier alpha value is -2.74. The summed E-state index contributed by atoms with van der Waals surface area (Å²) in [5.41, 5.74) is 5.67. The van der Waals surface area contributed by atoms with Crippen LogP contribution in [0.25, 0.3) is 0 Å². The average molecular weight is 365 g/mol. The van der Waals surface area contributed by atoms with Gasteiger partial charge in [0.1, 0.15) is 0 Å². The molecule has 0 atom stereocenters. The summed E-state index contributed by atoms with van der Waals surface area (Å²) in [7, 11) is 1.41. The summed E-state index contributed by atoms with van der Waals surface area (Å²) in [6.45, 7) is 5.84. The van der Waals surface area contributed by atoms with Crippen LogP contribution in [0, 0.1) is 25.2 Å². The van der Waals surface area contributed by atoms with Crippen LogP contribution in [-0.2, 0) is 4.74 Å². The van der Waals surface area contributed by atoms with Crippen molar-refractivity contribution in [1.29, 1.82) is 5.26 Å². The zero-order chi connectivity index (χ0) is 19.4. The molecule has 0 aromatic heterocycles. The zero-order valence-corrected chi connectivity index (χ0v) is 16.3. The number of piperidine rings is 1. The quantitative estimate of drug-likeness (QED) is 0.814. The highest BCUT2D eigenvalue weighted by molar-refractivity contribution is 5.92. The van der Waals surface area contributed by atoms with Crippen LogP contribution < -0.4 is 5.32 Å². The fourth-order valence-corrected chi connectivity index (χ4v) is 3.88. The molecule has 3 rings (SSSR count). The summed E-state index contributed by atoms with van der Waals surface area (Å²) in [6, 6.07) is 6.65. The zero-order valence-electron chi connectivity index (χ0n) is 16.3. The average Bonchev–Trinajstić information content (AvgIpc) is 2.70. The van der Waals surface area contributed by atoms with Gasteiger partial charge in [-0.1, -0.05) is 12.1 Å². The Labute approximate surface area is 161 Å². The predicted molar refractivity (Wildman–Crippen MR) is 106 cm³/mol. The molecule has 0 unspecified atom stereocenters. The van der Waals surface area contributed by atoms with Gasteiger partial charge in [0.15, 0.2) is 0 Å². The Morgan fingerprint density at radius 2 is 2.00 bits per heavy atom. The molecule has 0 saturated carbocycles. The third-order valence-corrected chi connectivity index (χ3v) is 5.45. The molecule has 142 valence electrons. The summed E-state index contributed by atoms with van der Waals surface area (Å²) in [6.07, 6.45) is 8.06. The van der Waals surface area contributed by atoms with E-state index in [0.717, 1.165) is 66.9 Å². The standard InChI is InChI=1S/C22H27N3O2/c1-15-12-16(2)20(13-19(15)22(26)27-3)24-18-8-10-25(11-9-18)21-7-5-4-6-17(21)14-23/h5,7,12-13,18,24H,4,6,8-11H2,1-3H3. The van der Waals surface area contributed by atoms with Crippen LogP contribution in [0.2, 0.25) is 0 Å². The number of anilines is 1. The van der Waals surface area contributed by atoms with Crippen LogP contribution in [0.15, 0.2) is 35.6 Å². The van der Waals surface area contributed by atoms with Gasteiger partial charge in [0.05, 0.1) is 30.0 Å². The van der Waals surface area contributed by atoms with Crippen molar-refractivity contribution in [3.05, 3.63) is 52.2 Å². The van der Waals surface area contributed by atoms with E-state index in [9.17, 15) is 10.1 Å². The molecule has 2 aliphatic rings. The first-order valence-corrected chi connectivity index (χ1v) is 9.54. The largest absolute Gasteiger partial charge is 0.465 e. The van der Waals surface area contributed by atoms with E-state index in [1.807, 2.05) is 19.1 Å². The topological polar surface area (TPSA) is 65.4 Å². The lowest BCUT2D eigenvalue weighted by Gasteiger charge is -2.36. The minimum absolute atomic E-state index is 0.301. The minimum atomic E-state index is -0.301. The maximum Gasteiger partial charge on any atom is 0.338 e. The van der Waals surface area contributed by atoms with Gasteiger partial charge in [0, 0.05) is 24.8 Å². The predicted octanol–water partition coefficient (Wildman–Crippen LogP) is 4.09. The molecular formula is C22H27N3O2. The minimum Gasteiger partial charge on any atom is -0.465 e. The number of benzene rings is 1. The highest BCUT2D eigenvalue weighted by Gasteiger charge is 2.23. The van der Waals surface area contributed by atoms with E-state index in [0.29, 0.717) is 11.6 Å². The number of rotatable bonds is 4. The molecule has 1 aromatic rings. The number of nitriles is 1. The molecule has 0 amide bonds. The van der Waals surface area contributed by atoms with E-state index in [-0.39, 0.29) is 5.97 Å². The fourth-order valence-electron chi connectivity index (χ4n) is 3.88. The molecule has 1 N–H and O–H groups in total. The Balaban J connectivity index is 1.68. The van der Waals surface area contributed by atoms with E-state index in [4.69, 9.17) is 4.74 Å². The van der Waals surface area contributed by atoms with Crippen LogP contribution in [0.5, 0.6) is 0 Å². The Morgan fingerprint density at radius 3 is 2.67 bits per heavy atom. The lowest BCUT2D eigenvalue weighted by Crippen LogP contribution is -2.39. The Kier molecular flexibility index (Phi) is 5.85. The summed E-state index contributed by atoms with van der Waals surface area (Å²) in [5.74, 6) is -0.301. The summed E-state index contributed by atoms with van der Waals surface area (Å²) in [5, 5.41) is 13.0. The maximum atomic E-state index is 12.0. The molecule has 27 heavy (non-hydrogen) atoms. The molecule has 5 nitrogen and oxygen atoms in total. The van der Waals surface area contributed by atoms with Crippen molar-refractivity contribution >= 4 is 11.7 Å². The number of carbonyl (C=O) groups is 1. The van der Waals surface area contributed by atoms with Crippen LogP contribution in [0.3, 0.4) is 0 Å². The highest BCUT2D eigenvalue weighted by Crippen LogP contribution is 2.28. The van der Waals surface area contributed by atoms with Crippen molar-refractivity contribution in [2.24, 2.45) is 0 Å². The Morgan fingerprint density at radius 1 is 1.26 bits per heavy atom. The van der Waals surface area contributed by atoms with Gasteiger partial charge in [-0.25, -0.2) is 4.79 Å². The first kappa shape index (κ1) is 19.0. The fraction of sp³-hybridized carbons (Fsp3) is 0.455. The van der Waals surface area contributed by atoms with Crippen molar-refractivity contribution < 1.29 is 9.53 Å². The molecule has 1 heterocycles. The number of ether oxygens (including phenoxy) is 1. The SMILES string of the molecule is COC(=O)c1cc(NC2CCN(C3=C(C#N)CCC=C3)CC2)c(C)cc1C. The molecule has 1 aromatic carbocycles. The number of likely N-dealkylation sites (tertiary alicyclic amines) is 1. The van der Waals surface area contributed by atoms with Crippen molar-refractivity contribution in [2.75, 3.05) is 25.5 Å². The van der Waals surface area contributed by atoms with Crippen molar-refractivity contribution in [3.63, 3.8) is 0 Å². The molecule has 1 fully saturated rings. The van der Waals surface area contributed by atoms with Crippen molar-refractivity contribution in [2.45, 2.75) is 45.6 Å². The van der Waals surface area contributed by atoms with Gasteiger partial charge in [0.2, 0.25) is 0 Å². The maximum absolute atomic E-state index is 12.0. The number of nitrogens with zero attached hydrogens (tertiary/aromatic N) is 2. The molecule has 1 aliphatic heterocycles. The summed E-state index contributed by atoms with van der Waals surface area (Å²) >= 11 is 0.